The number of aliphatic hydroxyl groups excluding tert-OH is 1. The molecule has 1 unspecified atom stereocenters. The Hall–Kier alpha value is -1.35. The SMILES string of the molecule is CNC(=O)C(C)CN(C)Cc1cc(C#CCCO)cs1. The lowest BCUT2D eigenvalue weighted by Gasteiger charge is -2.19. The molecule has 1 rings (SSSR count). The molecule has 1 heterocycles. The lowest BCUT2D eigenvalue weighted by atomic mass is 10.1. The van der Waals surface area contributed by atoms with E-state index in [2.05, 4.69) is 28.1 Å². The van der Waals surface area contributed by atoms with Gasteiger partial charge in [-0.2, -0.15) is 0 Å². The Bertz CT molecular complexity index is 488. The predicted molar refractivity (Wildman–Crippen MR) is 82.5 cm³/mol. The number of aliphatic hydroxyl groups is 1. The van der Waals surface area contributed by atoms with Crippen LogP contribution in [-0.2, 0) is 11.3 Å². The second kappa shape index (κ2) is 8.75. The lowest BCUT2D eigenvalue weighted by Crippen LogP contribution is -2.33. The Kier molecular flexibility index (Phi) is 7.31. The van der Waals surface area contributed by atoms with Crippen LogP contribution >= 0.6 is 11.3 Å². The summed E-state index contributed by atoms with van der Waals surface area (Å²) in [6.07, 6.45) is 0.509. The van der Waals surface area contributed by atoms with Gasteiger partial charge in [0.25, 0.3) is 0 Å². The molecule has 20 heavy (non-hydrogen) atoms. The number of amides is 1. The van der Waals surface area contributed by atoms with Gasteiger partial charge in [-0.05, 0) is 13.1 Å². The van der Waals surface area contributed by atoms with Gasteiger partial charge in [-0.3, -0.25) is 4.79 Å². The van der Waals surface area contributed by atoms with Crippen LogP contribution in [0.25, 0.3) is 0 Å². The van der Waals surface area contributed by atoms with Gasteiger partial charge in [0.1, 0.15) is 0 Å². The zero-order valence-corrected chi connectivity index (χ0v) is 13.1. The van der Waals surface area contributed by atoms with Gasteiger partial charge in [0, 0.05) is 48.3 Å². The monoisotopic (exact) mass is 294 g/mol. The molecular formula is C15H22N2O2S. The van der Waals surface area contributed by atoms with Crippen LogP contribution in [0.2, 0.25) is 0 Å². The number of hydrogen-bond acceptors (Lipinski definition) is 4. The van der Waals surface area contributed by atoms with Crippen LogP contribution in [0, 0.1) is 17.8 Å². The highest BCUT2D eigenvalue weighted by molar-refractivity contribution is 7.10. The smallest absolute Gasteiger partial charge is 0.223 e. The first-order valence-corrected chi connectivity index (χ1v) is 7.52. The minimum atomic E-state index is -0.0196. The largest absolute Gasteiger partial charge is 0.395 e. The van der Waals surface area contributed by atoms with Crippen molar-refractivity contribution in [3.63, 3.8) is 0 Å². The molecule has 0 saturated heterocycles. The topological polar surface area (TPSA) is 52.6 Å². The van der Waals surface area contributed by atoms with Gasteiger partial charge in [-0.25, -0.2) is 0 Å². The van der Waals surface area contributed by atoms with Crippen LogP contribution in [0.15, 0.2) is 11.4 Å². The third-order valence-electron chi connectivity index (χ3n) is 2.83. The Balaban J connectivity index is 2.48. The molecule has 0 bridgehead atoms. The number of carbonyl (C=O) groups excluding carboxylic acids is 1. The summed E-state index contributed by atoms with van der Waals surface area (Å²) in [4.78, 5) is 14.8. The molecule has 5 heteroatoms. The minimum Gasteiger partial charge on any atom is -0.395 e. The summed E-state index contributed by atoms with van der Waals surface area (Å²) in [6.45, 7) is 3.57. The van der Waals surface area contributed by atoms with Crippen molar-refractivity contribution in [2.24, 2.45) is 5.92 Å². The minimum absolute atomic E-state index is 0.0196. The van der Waals surface area contributed by atoms with Crippen molar-refractivity contribution in [3.05, 3.63) is 21.9 Å². The van der Waals surface area contributed by atoms with E-state index >= 15 is 0 Å². The Labute approximate surface area is 124 Å². The predicted octanol–water partition coefficient (Wildman–Crippen LogP) is 1.30. The zero-order chi connectivity index (χ0) is 15.0. The van der Waals surface area contributed by atoms with Crippen molar-refractivity contribution >= 4 is 17.2 Å². The first-order chi connectivity index (χ1) is 9.56. The molecule has 0 aromatic carbocycles. The maximum absolute atomic E-state index is 11.5. The molecule has 1 atom stereocenters. The standard InChI is InChI=1S/C15H22N2O2S/c1-12(15(19)16-2)9-17(3)10-14-8-13(11-20-14)6-4-5-7-18/h8,11-12,18H,5,7,9-10H2,1-3H3,(H,16,19). The average molecular weight is 294 g/mol. The molecule has 4 nitrogen and oxygen atoms in total. The summed E-state index contributed by atoms with van der Waals surface area (Å²) in [5.41, 5.74) is 0.992. The van der Waals surface area contributed by atoms with Crippen LogP contribution < -0.4 is 5.32 Å². The van der Waals surface area contributed by atoms with E-state index < -0.39 is 0 Å². The molecule has 0 fully saturated rings. The van der Waals surface area contributed by atoms with Gasteiger partial charge in [-0.1, -0.05) is 18.8 Å². The van der Waals surface area contributed by atoms with Crippen molar-refractivity contribution in [3.8, 4) is 11.8 Å². The summed E-state index contributed by atoms with van der Waals surface area (Å²) in [6, 6.07) is 2.07. The highest BCUT2D eigenvalue weighted by atomic mass is 32.1. The van der Waals surface area contributed by atoms with E-state index in [4.69, 9.17) is 5.11 Å². The van der Waals surface area contributed by atoms with E-state index in [-0.39, 0.29) is 18.4 Å². The Morgan fingerprint density at radius 1 is 1.60 bits per heavy atom. The number of nitrogens with one attached hydrogen (secondary N) is 1. The molecule has 0 aliphatic heterocycles. The van der Waals surface area contributed by atoms with Crippen molar-refractivity contribution in [1.82, 2.24) is 10.2 Å². The number of nitrogens with zero attached hydrogens (tertiary/aromatic N) is 1. The normalized spacial score (nSPS) is 11.8. The Morgan fingerprint density at radius 3 is 3.00 bits per heavy atom. The van der Waals surface area contributed by atoms with E-state index in [0.717, 1.165) is 18.7 Å². The highest BCUT2D eigenvalue weighted by Crippen LogP contribution is 2.16. The lowest BCUT2D eigenvalue weighted by molar-refractivity contribution is -0.124. The fraction of sp³-hybridized carbons (Fsp3) is 0.533. The summed E-state index contributed by atoms with van der Waals surface area (Å²) in [7, 11) is 3.67. The number of thiophene rings is 1. The van der Waals surface area contributed by atoms with E-state index in [9.17, 15) is 4.79 Å². The molecule has 1 aromatic heterocycles. The summed E-state index contributed by atoms with van der Waals surface area (Å²) < 4.78 is 0. The fourth-order valence-electron chi connectivity index (χ4n) is 1.88. The third-order valence-corrected chi connectivity index (χ3v) is 3.75. The number of rotatable bonds is 6. The van der Waals surface area contributed by atoms with Crippen molar-refractivity contribution in [2.45, 2.75) is 19.9 Å². The molecule has 1 amide bonds. The third kappa shape index (κ3) is 5.74. The van der Waals surface area contributed by atoms with Crippen molar-refractivity contribution < 1.29 is 9.90 Å². The fourth-order valence-corrected chi connectivity index (χ4v) is 2.77. The van der Waals surface area contributed by atoms with Crippen LogP contribution in [0.4, 0.5) is 0 Å². The summed E-state index contributed by atoms with van der Waals surface area (Å²) in [5.74, 6) is 5.99. The summed E-state index contributed by atoms with van der Waals surface area (Å²) in [5, 5.41) is 13.4. The second-order valence-electron chi connectivity index (χ2n) is 4.79. The van der Waals surface area contributed by atoms with Crippen molar-refractivity contribution in [2.75, 3.05) is 27.2 Å². The molecule has 2 N–H and O–H groups in total. The molecule has 110 valence electrons. The van der Waals surface area contributed by atoms with Crippen LogP contribution in [-0.4, -0.2) is 43.2 Å². The van der Waals surface area contributed by atoms with Crippen LogP contribution in [0.3, 0.4) is 0 Å². The quantitative estimate of drug-likeness (QED) is 0.778. The first kappa shape index (κ1) is 16.7. The van der Waals surface area contributed by atoms with Gasteiger partial charge in [0.2, 0.25) is 5.91 Å². The van der Waals surface area contributed by atoms with Gasteiger partial charge in [-0.15, -0.1) is 11.3 Å². The van der Waals surface area contributed by atoms with Gasteiger partial charge in [0.15, 0.2) is 0 Å². The molecule has 0 saturated carbocycles. The van der Waals surface area contributed by atoms with Crippen LogP contribution in [0.1, 0.15) is 23.8 Å². The average Bonchev–Trinajstić information content (AvgIpc) is 2.85. The molecule has 0 spiro atoms. The van der Waals surface area contributed by atoms with E-state index in [1.807, 2.05) is 19.4 Å². The van der Waals surface area contributed by atoms with Gasteiger partial charge >= 0.3 is 0 Å². The van der Waals surface area contributed by atoms with Crippen LogP contribution in [0.5, 0.6) is 0 Å². The number of carbonyl (C=O) groups is 1. The maximum atomic E-state index is 11.5. The molecule has 0 aliphatic rings. The van der Waals surface area contributed by atoms with Gasteiger partial charge in [0.05, 0.1) is 6.61 Å². The highest BCUT2D eigenvalue weighted by Gasteiger charge is 2.14. The second-order valence-corrected chi connectivity index (χ2v) is 5.78. The van der Waals surface area contributed by atoms with E-state index in [0.29, 0.717) is 6.42 Å². The zero-order valence-electron chi connectivity index (χ0n) is 12.3. The Morgan fingerprint density at radius 2 is 2.35 bits per heavy atom. The van der Waals surface area contributed by atoms with Crippen molar-refractivity contribution in [1.29, 1.82) is 0 Å². The molecule has 0 radical (unpaired) electrons. The van der Waals surface area contributed by atoms with Gasteiger partial charge < -0.3 is 15.3 Å². The number of hydrogen-bond donors (Lipinski definition) is 2. The summed E-state index contributed by atoms with van der Waals surface area (Å²) >= 11 is 1.67. The molecular weight excluding hydrogens is 272 g/mol. The van der Waals surface area contributed by atoms with E-state index in [1.54, 1.807) is 18.4 Å². The first-order valence-electron chi connectivity index (χ1n) is 6.64. The van der Waals surface area contributed by atoms with E-state index in [1.165, 1.54) is 4.88 Å². The maximum Gasteiger partial charge on any atom is 0.223 e. The molecule has 1 aromatic rings. The molecule has 0 aliphatic carbocycles.